The zero-order valence-electron chi connectivity index (χ0n) is 15.3. The van der Waals surface area contributed by atoms with Crippen molar-refractivity contribution in [3.8, 4) is 0 Å². The molecule has 0 saturated carbocycles. The molecule has 0 bridgehead atoms. The van der Waals surface area contributed by atoms with Crippen LogP contribution in [0.1, 0.15) is 10.4 Å². The van der Waals surface area contributed by atoms with Gasteiger partial charge in [0, 0.05) is 64.1 Å². The number of hydrogen-bond acceptors (Lipinski definition) is 6. The molecular weight excluding hydrogens is 414 g/mol. The van der Waals surface area contributed by atoms with Crippen LogP contribution in [0.3, 0.4) is 0 Å². The normalized spacial score (nSPS) is 10.5. The predicted molar refractivity (Wildman–Crippen MR) is 117 cm³/mol. The second-order valence-electron chi connectivity index (χ2n) is 5.68. The molecule has 1 amide bonds. The van der Waals surface area contributed by atoms with Gasteiger partial charge in [0.1, 0.15) is 5.03 Å². The Morgan fingerprint density at radius 3 is 2.50 bits per heavy atom. The molecule has 0 radical (unpaired) electrons. The number of pyridine rings is 1. The molecule has 3 aromatic rings. The van der Waals surface area contributed by atoms with Gasteiger partial charge in [-0.3, -0.25) is 4.79 Å². The highest BCUT2D eigenvalue weighted by Crippen LogP contribution is 2.27. The smallest absolute Gasteiger partial charge is 0.255 e. The van der Waals surface area contributed by atoms with Gasteiger partial charge in [-0.2, -0.15) is 0 Å². The Morgan fingerprint density at radius 1 is 1.11 bits per heavy atom. The van der Waals surface area contributed by atoms with Crippen LogP contribution in [0.5, 0.6) is 0 Å². The van der Waals surface area contributed by atoms with Crippen molar-refractivity contribution in [2.75, 3.05) is 23.8 Å². The van der Waals surface area contributed by atoms with Crippen LogP contribution >= 0.6 is 35.6 Å². The third-order valence-electron chi connectivity index (χ3n) is 3.71. The Kier molecular flexibility index (Phi) is 7.22. The first-order valence-corrected chi connectivity index (χ1v) is 10.2. The minimum atomic E-state index is -0.189. The van der Waals surface area contributed by atoms with Crippen LogP contribution < -0.4 is 9.62 Å². The number of nitrogens with one attached hydrogen (secondary N) is 1. The standard InChI is InChI=1S/C20H18ClN3O2S2/c1-24(17-7-3-15(21)4-8-17)27-19-13-14(11-12-22-19)20(25)23-16-5-9-18(10-6-16)28-26-2/h3-13H,1-2H3,(H,23,25). The predicted octanol–water partition coefficient (Wildman–Crippen LogP) is 5.78. The van der Waals surface area contributed by atoms with Gasteiger partial charge in [-0.15, -0.1) is 0 Å². The lowest BCUT2D eigenvalue weighted by Crippen LogP contribution is -2.12. The van der Waals surface area contributed by atoms with E-state index in [1.54, 1.807) is 25.4 Å². The summed E-state index contributed by atoms with van der Waals surface area (Å²) in [6.45, 7) is 0. The number of amides is 1. The second-order valence-corrected chi connectivity index (χ2v) is 8.23. The third-order valence-corrected chi connectivity index (χ3v) is 5.49. The Hall–Kier alpha value is -2.19. The van der Waals surface area contributed by atoms with Crippen LogP contribution in [0.15, 0.2) is 76.8 Å². The van der Waals surface area contributed by atoms with Crippen LogP contribution in [0.4, 0.5) is 11.4 Å². The maximum absolute atomic E-state index is 12.6. The molecule has 1 N–H and O–H groups in total. The zero-order chi connectivity index (χ0) is 19.9. The van der Waals surface area contributed by atoms with Gasteiger partial charge in [0.05, 0.1) is 7.11 Å². The number of carbonyl (C=O) groups is 1. The van der Waals surface area contributed by atoms with Crippen LogP contribution in [0, 0.1) is 0 Å². The van der Waals surface area contributed by atoms with E-state index in [0.717, 1.165) is 21.3 Å². The van der Waals surface area contributed by atoms with Crippen molar-refractivity contribution in [1.82, 2.24) is 4.98 Å². The highest BCUT2D eigenvalue weighted by Gasteiger charge is 2.10. The molecule has 0 spiro atoms. The Morgan fingerprint density at radius 2 is 1.82 bits per heavy atom. The first-order valence-electron chi connectivity index (χ1n) is 8.30. The zero-order valence-corrected chi connectivity index (χ0v) is 17.6. The van der Waals surface area contributed by atoms with Gasteiger partial charge >= 0.3 is 0 Å². The topological polar surface area (TPSA) is 54.5 Å². The van der Waals surface area contributed by atoms with E-state index in [4.69, 9.17) is 15.8 Å². The van der Waals surface area contributed by atoms with Crippen molar-refractivity contribution in [2.45, 2.75) is 9.92 Å². The van der Waals surface area contributed by atoms with Gasteiger partial charge in [-0.05, 0) is 60.7 Å². The number of anilines is 2. The molecular formula is C20H18ClN3O2S2. The minimum Gasteiger partial charge on any atom is -0.322 e. The Labute approximate surface area is 177 Å². The SMILES string of the molecule is COSc1ccc(NC(=O)c2ccnc(SN(C)c3ccc(Cl)cc3)c2)cc1. The summed E-state index contributed by atoms with van der Waals surface area (Å²) in [6, 6.07) is 18.4. The fourth-order valence-electron chi connectivity index (χ4n) is 2.34. The molecule has 0 atom stereocenters. The van der Waals surface area contributed by atoms with E-state index in [2.05, 4.69) is 10.3 Å². The summed E-state index contributed by atoms with van der Waals surface area (Å²) in [6.07, 6.45) is 1.63. The van der Waals surface area contributed by atoms with Crippen molar-refractivity contribution < 1.29 is 8.98 Å². The van der Waals surface area contributed by atoms with Crippen molar-refractivity contribution in [1.29, 1.82) is 0 Å². The van der Waals surface area contributed by atoms with E-state index < -0.39 is 0 Å². The number of hydrogen-bond donors (Lipinski definition) is 1. The molecule has 0 aliphatic carbocycles. The molecule has 144 valence electrons. The quantitative estimate of drug-likeness (QED) is 0.377. The Balaban J connectivity index is 1.66. The van der Waals surface area contributed by atoms with Crippen molar-refractivity contribution in [2.24, 2.45) is 0 Å². The molecule has 0 fully saturated rings. The van der Waals surface area contributed by atoms with E-state index in [1.165, 1.54) is 24.0 Å². The summed E-state index contributed by atoms with van der Waals surface area (Å²) >= 11 is 8.63. The maximum Gasteiger partial charge on any atom is 0.255 e. The molecule has 0 unspecified atom stereocenters. The number of nitrogens with zero attached hydrogens (tertiary/aromatic N) is 2. The summed E-state index contributed by atoms with van der Waals surface area (Å²) in [7, 11) is 3.55. The lowest BCUT2D eigenvalue weighted by Gasteiger charge is -2.17. The molecule has 1 heterocycles. The molecule has 8 heteroatoms. The fraction of sp³-hybridized carbons (Fsp3) is 0.100. The maximum atomic E-state index is 12.6. The monoisotopic (exact) mass is 431 g/mol. The van der Waals surface area contributed by atoms with Crippen molar-refractivity contribution in [3.63, 3.8) is 0 Å². The van der Waals surface area contributed by atoms with E-state index in [9.17, 15) is 4.79 Å². The van der Waals surface area contributed by atoms with Gasteiger partial charge in [0.25, 0.3) is 5.91 Å². The largest absolute Gasteiger partial charge is 0.322 e. The van der Waals surface area contributed by atoms with Crippen molar-refractivity contribution in [3.05, 3.63) is 77.4 Å². The highest BCUT2D eigenvalue weighted by molar-refractivity contribution is 8.00. The Bertz CT molecular complexity index is 937. The average Bonchev–Trinajstić information content (AvgIpc) is 2.70. The van der Waals surface area contributed by atoms with Crippen LogP contribution in [0.2, 0.25) is 5.02 Å². The summed E-state index contributed by atoms with van der Waals surface area (Å²) < 4.78 is 6.98. The number of benzene rings is 2. The lowest BCUT2D eigenvalue weighted by atomic mass is 10.2. The van der Waals surface area contributed by atoms with Crippen LogP contribution in [0.25, 0.3) is 0 Å². The van der Waals surface area contributed by atoms with Gasteiger partial charge in [-0.25, -0.2) is 4.98 Å². The lowest BCUT2D eigenvalue weighted by molar-refractivity contribution is 0.102. The van der Waals surface area contributed by atoms with Gasteiger partial charge in [0.2, 0.25) is 0 Å². The minimum absolute atomic E-state index is 0.189. The van der Waals surface area contributed by atoms with E-state index in [1.807, 2.05) is 59.9 Å². The highest BCUT2D eigenvalue weighted by atomic mass is 35.5. The van der Waals surface area contributed by atoms with Crippen LogP contribution in [-0.4, -0.2) is 25.0 Å². The van der Waals surface area contributed by atoms with Gasteiger partial charge in [0.15, 0.2) is 0 Å². The van der Waals surface area contributed by atoms with Crippen molar-refractivity contribution >= 4 is 52.9 Å². The van der Waals surface area contributed by atoms with Gasteiger partial charge < -0.3 is 13.8 Å². The summed E-state index contributed by atoms with van der Waals surface area (Å²) in [5.41, 5.74) is 2.24. The van der Waals surface area contributed by atoms with Gasteiger partial charge in [-0.1, -0.05) is 11.6 Å². The van der Waals surface area contributed by atoms with E-state index >= 15 is 0 Å². The summed E-state index contributed by atoms with van der Waals surface area (Å²) in [4.78, 5) is 17.9. The molecule has 0 aliphatic rings. The second kappa shape index (κ2) is 9.84. The number of aromatic nitrogens is 1. The van der Waals surface area contributed by atoms with E-state index in [-0.39, 0.29) is 5.91 Å². The molecule has 2 aromatic carbocycles. The molecule has 5 nitrogen and oxygen atoms in total. The first kappa shape index (κ1) is 20.5. The first-order chi connectivity index (χ1) is 13.5. The summed E-state index contributed by atoms with van der Waals surface area (Å²) in [5, 5.41) is 4.30. The average molecular weight is 432 g/mol. The third kappa shape index (κ3) is 5.65. The number of rotatable bonds is 7. The molecule has 0 aliphatic heterocycles. The molecule has 3 rings (SSSR count). The number of halogens is 1. The number of carbonyl (C=O) groups excluding carboxylic acids is 1. The van der Waals surface area contributed by atoms with E-state index in [0.29, 0.717) is 10.6 Å². The summed E-state index contributed by atoms with van der Waals surface area (Å²) in [5.74, 6) is -0.189. The molecule has 1 aromatic heterocycles. The molecule has 28 heavy (non-hydrogen) atoms. The van der Waals surface area contributed by atoms with Crippen LogP contribution in [-0.2, 0) is 4.18 Å². The molecule has 0 saturated heterocycles. The fourth-order valence-corrected chi connectivity index (χ4v) is 3.70.